The van der Waals surface area contributed by atoms with Crippen LogP contribution in [-0.4, -0.2) is 55.9 Å². The summed E-state index contributed by atoms with van der Waals surface area (Å²) in [5.41, 5.74) is 1.80. The van der Waals surface area contributed by atoms with Gasteiger partial charge in [0.25, 0.3) is 11.8 Å². The molecule has 0 saturated heterocycles. The van der Waals surface area contributed by atoms with Crippen molar-refractivity contribution in [2.75, 3.05) is 27.4 Å². The Morgan fingerprint density at radius 2 is 1.81 bits per heavy atom. The molecule has 1 N–H and O–H groups in total. The zero-order valence-electron chi connectivity index (χ0n) is 19.8. The third kappa shape index (κ3) is 5.54. The van der Waals surface area contributed by atoms with E-state index < -0.39 is 37.0 Å². The van der Waals surface area contributed by atoms with Crippen LogP contribution in [0.4, 0.5) is 0 Å². The molecule has 2 aromatic carbocycles. The molecular weight excluding hydrogens is 466 g/mol. The molecule has 1 aliphatic heterocycles. The number of carbonyl (C=O) groups excluding carboxylic acids is 3. The summed E-state index contributed by atoms with van der Waals surface area (Å²) in [7, 11) is 3.03. The predicted molar refractivity (Wildman–Crippen MR) is 129 cm³/mol. The van der Waals surface area contributed by atoms with E-state index in [4.69, 9.17) is 18.6 Å². The van der Waals surface area contributed by atoms with Crippen molar-refractivity contribution in [3.8, 4) is 11.5 Å². The first-order valence-corrected chi connectivity index (χ1v) is 11.1. The molecule has 0 radical (unpaired) electrons. The lowest BCUT2D eigenvalue weighted by Gasteiger charge is -2.19. The largest absolute Gasteiger partial charge is 0.497 e. The van der Waals surface area contributed by atoms with E-state index in [2.05, 4.69) is 10.4 Å². The number of hydrogen-bond donors (Lipinski definition) is 1. The molecule has 0 saturated carbocycles. The predicted octanol–water partition coefficient (Wildman–Crippen LogP) is 2.95. The molecule has 1 unspecified atom stereocenters. The summed E-state index contributed by atoms with van der Waals surface area (Å²) in [6.07, 6.45) is 1.95. The number of rotatable bonds is 9. The molecule has 10 heteroatoms. The van der Waals surface area contributed by atoms with Crippen molar-refractivity contribution < 1.29 is 33.0 Å². The van der Waals surface area contributed by atoms with Crippen LogP contribution < -0.4 is 14.8 Å². The van der Waals surface area contributed by atoms with Crippen molar-refractivity contribution in [3.05, 3.63) is 83.8 Å². The highest BCUT2D eigenvalue weighted by atomic mass is 16.5. The maximum atomic E-state index is 13.0. The van der Waals surface area contributed by atoms with Gasteiger partial charge >= 0.3 is 5.97 Å². The van der Waals surface area contributed by atoms with Gasteiger partial charge in [0, 0.05) is 6.42 Å². The van der Waals surface area contributed by atoms with Crippen molar-refractivity contribution in [2.24, 2.45) is 5.10 Å². The summed E-state index contributed by atoms with van der Waals surface area (Å²) in [6.45, 7) is -0.952. The highest BCUT2D eigenvalue weighted by Crippen LogP contribution is 2.33. The molecule has 1 aliphatic rings. The summed E-state index contributed by atoms with van der Waals surface area (Å²) in [4.78, 5) is 37.5. The first-order chi connectivity index (χ1) is 17.5. The van der Waals surface area contributed by atoms with Crippen LogP contribution in [0.5, 0.6) is 11.5 Å². The van der Waals surface area contributed by atoms with Gasteiger partial charge in [-0.2, -0.15) is 5.10 Å². The van der Waals surface area contributed by atoms with Crippen LogP contribution >= 0.6 is 0 Å². The van der Waals surface area contributed by atoms with Crippen LogP contribution in [0.1, 0.15) is 34.1 Å². The molecule has 1 aromatic heterocycles. The maximum absolute atomic E-state index is 13.0. The number of benzene rings is 2. The van der Waals surface area contributed by atoms with E-state index in [-0.39, 0.29) is 5.56 Å². The Morgan fingerprint density at radius 3 is 2.50 bits per heavy atom. The number of esters is 1. The summed E-state index contributed by atoms with van der Waals surface area (Å²) in [5.74, 6) is -0.142. The Labute approximate surface area is 207 Å². The second kappa shape index (κ2) is 11.2. The third-order valence-electron chi connectivity index (χ3n) is 5.56. The monoisotopic (exact) mass is 491 g/mol. The van der Waals surface area contributed by atoms with E-state index in [1.54, 1.807) is 43.5 Å². The normalized spacial score (nSPS) is 14.7. The number of methoxy groups -OCH3 is 2. The minimum absolute atomic E-state index is 0.280. The van der Waals surface area contributed by atoms with Gasteiger partial charge in [-0.15, -0.1) is 0 Å². The average molecular weight is 492 g/mol. The smallest absolute Gasteiger partial charge is 0.325 e. The first kappa shape index (κ1) is 24.5. The molecule has 0 spiro atoms. The lowest BCUT2D eigenvalue weighted by Crippen LogP contribution is -2.34. The number of ether oxygens (including phenoxy) is 3. The molecule has 2 heterocycles. The molecule has 0 bridgehead atoms. The molecule has 0 fully saturated rings. The van der Waals surface area contributed by atoms with Crippen LogP contribution in [0.15, 0.2) is 76.4 Å². The van der Waals surface area contributed by atoms with Crippen molar-refractivity contribution in [2.45, 2.75) is 12.5 Å². The van der Waals surface area contributed by atoms with E-state index in [9.17, 15) is 14.4 Å². The number of carbonyl (C=O) groups is 3. The van der Waals surface area contributed by atoms with Crippen LogP contribution in [0.3, 0.4) is 0 Å². The summed E-state index contributed by atoms with van der Waals surface area (Å²) < 4.78 is 21.0. The lowest BCUT2D eigenvalue weighted by atomic mass is 10.0. The molecule has 3 aromatic rings. The minimum Gasteiger partial charge on any atom is -0.497 e. The van der Waals surface area contributed by atoms with Gasteiger partial charge in [0.2, 0.25) is 0 Å². The fourth-order valence-electron chi connectivity index (χ4n) is 3.74. The van der Waals surface area contributed by atoms with Gasteiger partial charge in [-0.25, -0.2) is 5.01 Å². The highest BCUT2D eigenvalue weighted by molar-refractivity contribution is 6.03. The number of hydrazone groups is 1. The van der Waals surface area contributed by atoms with Crippen molar-refractivity contribution in [1.29, 1.82) is 0 Å². The Balaban J connectivity index is 1.38. The topological polar surface area (TPSA) is 120 Å². The Morgan fingerprint density at radius 1 is 1.03 bits per heavy atom. The van der Waals surface area contributed by atoms with Crippen LogP contribution in [0, 0.1) is 0 Å². The number of nitrogens with one attached hydrogen (secondary N) is 1. The second-order valence-corrected chi connectivity index (χ2v) is 7.79. The lowest BCUT2D eigenvalue weighted by molar-refractivity contribution is -0.152. The quantitative estimate of drug-likeness (QED) is 0.457. The van der Waals surface area contributed by atoms with Gasteiger partial charge in [-0.3, -0.25) is 14.4 Å². The van der Waals surface area contributed by atoms with Gasteiger partial charge in [-0.05, 0) is 54.1 Å². The molecule has 36 heavy (non-hydrogen) atoms. The van der Waals surface area contributed by atoms with E-state index >= 15 is 0 Å². The number of hydrogen-bond acceptors (Lipinski definition) is 8. The fourth-order valence-corrected chi connectivity index (χ4v) is 3.74. The molecule has 4 rings (SSSR count). The summed E-state index contributed by atoms with van der Waals surface area (Å²) >= 11 is 0. The van der Waals surface area contributed by atoms with Gasteiger partial charge < -0.3 is 23.9 Å². The standard InChI is InChI=1S/C26H25N3O7/c1-33-18-11-9-17(10-12-18)20-14-21(23-8-5-13-35-23)29(28-20)24(30)16-36-25(31)15-27-26(32)19-6-3-4-7-22(19)34-2/h3-13,21H,14-16H2,1-2H3,(H,27,32). The molecule has 0 aliphatic carbocycles. The molecule has 10 nitrogen and oxygen atoms in total. The van der Waals surface area contributed by atoms with Gasteiger partial charge in [-0.1, -0.05) is 12.1 Å². The third-order valence-corrected chi connectivity index (χ3v) is 5.56. The van der Waals surface area contributed by atoms with Gasteiger partial charge in [0.05, 0.1) is 31.8 Å². The van der Waals surface area contributed by atoms with Crippen molar-refractivity contribution in [3.63, 3.8) is 0 Å². The summed E-state index contributed by atoms with van der Waals surface area (Å²) in [6, 6.07) is 17.0. The molecule has 2 amide bonds. The van der Waals surface area contributed by atoms with Crippen molar-refractivity contribution in [1.82, 2.24) is 10.3 Å². The van der Waals surface area contributed by atoms with Crippen LogP contribution in [-0.2, 0) is 14.3 Å². The average Bonchev–Trinajstić information content (AvgIpc) is 3.61. The zero-order chi connectivity index (χ0) is 25.5. The van der Waals surface area contributed by atoms with E-state index in [1.165, 1.54) is 18.4 Å². The van der Waals surface area contributed by atoms with E-state index in [1.807, 2.05) is 24.3 Å². The Hall–Kier alpha value is -4.60. The molecule has 186 valence electrons. The molecule has 1 atom stereocenters. The fraction of sp³-hybridized carbons (Fsp3) is 0.231. The Kier molecular flexibility index (Phi) is 7.64. The zero-order valence-corrected chi connectivity index (χ0v) is 19.8. The number of furan rings is 1. The van der Waals surface area contributed by atoms with Gasteiger partial charge in [0.15, 0.2) is 6.61 Å². The Bertz CT molecular complexity index is 1250. The molecular formula is C26H25N3O7. The number of amides is 2. The van der Waals surface area contributed by atoms with E-state index in [0.717, 1.165) is 5.56 Å². The second-order valence-electron chi connectivity index (χ2n) is 7.79. The number of nitrogens with zero attached hydrogens (tertiary/aromatic N) is 2. The minimum atomic E-state index is -0.764. The SMILES string of the molecule is COc1ccc(C2=NN(C(=O)COC(=O)CNC(=O)c3ccccc3OC)C(c3ccco3)C2)cc1. The number of para-hydroxylation sites is 1. The van der Waals surface area contributed by atoms with Crippen LogP contribution in [0.2, 0.25) is 0 Å². The highest BCUT2D eigenvalue weighted by Gasteiger charge is 2.35. The van der Waals surface area contributed by atoms with Crippen molar-refractivity contribution >= 4 is 23.5 Å². The van der Waals surface area contributed by atoms with Crippen LogP contribution in [0.25, 0.3) is 0 Å². The van der Waals surface area contributed by atoms with Gasteiger partial charge in [0.1, 0.15) is 29.8 Å². The maximum Gasteiger partial charge on any atom is 0.325 e. The first-order valence-electron chi connectivity index (χ1n) is 11.1. The summed E-state index contributed by atoms with van der Waals surface area (Å²) in [5, 5.41) is 8.21. The van der Waals surface area contributed by atoms with E-state index in [0.29, 0.717) is 29.4 Å².